The Hall–Kier alpha value is -1.03. The summed E-state index contributed by atoms with van der Waals surface area (Å²) in [4.78, 5) is 10.9. The lowest BCUT2D eigenvalue weighted by Crippen LogP contribution is -2.08. The number of carbonyl (C=O) groups is 1. The average molecular weight is 299 g/mol. The highest BCUT2D eigenvalue weighted by atomic mass is 79.9. The van der Waals surface area contributed by atoms with Crippen molar-refractivity contribution in [1.29, 1.82) is 0 Å². The van der Waals surface area contributed by atoms with Crippen molar-refractivity contribution in [1.82, 2.24) is 0 Å². The molecule has 1 aromatic carbocycles. The van der Waals surface area contributed by atoms with Gasteiger partial charge in [0.2, 0.25) is 0 Å². The first-order chi connectivity index (χ1) is 8.06. The molecule has 0 radical (unpaired) electrons. The average Bonchev–Trinajstić information content (AvgIpc) is 3.08. The van der Waals surface area contributed by atoms with E-state index in [-0.39, 0.29) is 0 Å². The topological polar surface area (TPSA) is 46.5 Å². The van der Waals surface area contributed by atoms with Gasteiger partial charge in [0.1, 0.15) is 5.75 Å². The quantitative estimate of drug-likeness (QED) is 0.906. The molecule has 0 spiro atoms. The lowest BCUT2D eigenvalue weighted by Gasteiger charge is -2.11. The second kappa shape index (κ2) is 5.08. The molecular formula is C13H15BrO3. The minimum atomic E-state index is -0.823. The Labute approximate surface area is 109 Å². The maximum atomic E-state index is 10.9. The van der Waals surface area contributed by atoms with Gasteiger partial charge < -0.3 is 9.84 Å². The molecule has 1 aliphatic carbocycles. The van der Waals surface area contributed by atoms with E-state index in [1.54, 1.807) is 6.92 Å². The molecule has 0 aromatic heterocycles. The Morgan fingerprint density at radius 3 is 2.82 bits per heavy atom. The molecule has 0 amide bonds. The van der Waals surface area contributed by atoms with Gasteiger partial charge in [0, 0.05) is 4.47 Å². The van der Waals surface area contributed by atoms with Crippen LogP contribution in [0.15, 0.2) is 22.7 Å². The number of hydrogen-bond acceptors (Lipinski definition) is 2. The largest absolute Gasteiger partial charge is 0.493 e. The smallest absolute Gasteiger partial charge is 0.310 e. The summed E-state index contributed by atoms with van der Waals surface area (Å²) in [5.74, 6) is 0.0933. The van der Waals surface area contributed by atoms with Crippen LogP contribution in [-0.4, -0.2) is 17.7 Å². The molecule has 0 heterocycles. The van der Waals surface area contributed by atoms with Crippen LogP contribution in [-0.2, 0) is 4.79 Å². The molecule has 0 bridgehead atoms. The molecule has 1 saturated carbocycles. The highest BCUT2D eigenvalue weighted by Gasteiger charge is 2.22. The van der Waals surface area contributed by atoms with Gasteiger partial charge in [0.05, 0.1) is 12.5 Å². The Bertz CT molecular complexity index is 427. The number of rotatable bonds is 5. The third kappa shape index (κ3) is 3.46. The minimum absolute atomic E-state index is 0.518. The Kier molecular flexibility index (Phi) is 3.72. The normalized spacial score (nSPS) is 16.6. The molecule has 1 N–H and O–H groups in total. The van der Waals surface area contributed by atoms with Crippen LogP contribution in [0.5, 0.6) is 5.75 Å². The van der Waals surface area contributed by atoms with E-state index < -0.39 is 11.9 Å². The van der Waals surface area contributed by atoms with Crippen molar-refractivity contribution in [2.24, 2.45) is 5.92 Å². The van der Waals surface area contributed by atoms with E-state index in [1.165, 1.54) is 12.8 Å². The van der Waals surface area contributed by atoms with Crippen LogP contribution >= 0.6 is 15.9 Å². The van der Waals surface area contributed by atoms with E-state index in [1.807, 2.05) is 18.2 Å². The van der Waals surface area contributed by atoms with Gasteiger partial charge in [-0.2, -0.15) is 0 Å². The molecule has 17 heavy (non-hydrogen) atoms. The number of ether oxygens (including phenoxy) is 1. The lowest BCUT2D eigenvalue weighted by molar-refractivity contribution is -0.138. The summed E-state index contributed by atoms with van der Waals surface area (Å²) < 4.78 is 6.51. The van der Waals surface area contributed by atoms with Gasteiger partial charge >= 0.3 is 5.97 Å². The first-order valence-corrected chi connectivity index (χ1v) is 6.51. The van der Waals surface area contributed by atoms with Gasteiger partial charge in [0.15, 0.2) is 0 Å². The maximum Gasteiger partial charge on any atom is 0.310 e. The fraction of sp³-hybridized carbons (Fsp3) is 0.462. The van der Waals surface area contributed by atoms with Gasteiger partial charge in [-0.1, -0.05) is 15.9 Å². The zero-order valence-electron chi connectivity index (χ0n) is 9.65. The fourth-order valence-electron chi connectivity index (χ4n) is 1.56. The Morgan fingerprint density at radius 1 is 1.53 bits per heavy atom. The zero-order valence-corrected chi connectivity index (χ0v) is 11.2. The number of hydrogen-bond donors (Lipinski definition) is 1. The third-order valence-electron chi connectivity index (χ3n) is 2.95. The van der Waals surface area contributed by atoms with Crippen molar-refractivity contribution in [3.8, 4) is 5.75 Å². The summed E-state index contributed by atoms with van der Waals surface area (Å²) in [6.45, 7) is 2.41. The Balaban J connectivity index is 2.12. The SMILES string of the molecule is CC(C(=O)O)c1cc(Br)cc(OCC2CC2)c1. The van der Waals surface area contributed by atoms with Crippen LogP contribution in [0.25, 0.3) is 0 Å². The van der Waals surface area contributed by atoms with Crippen LogP contribution in [0.4, 0.5) is 0 Å². The van der Waals surface area contributed by atoms with E-state index in [2.05, 4.69) is 15.9 Å². The molecular weight excluding hydrogens is 284 g/mol. The van der Waals surface area contributed by atoms with Crippen LogP contribution in [0, 0.1) is 5.92 Å². The van der Waals surface area contributed by atoms with Crippen molar-refractivity contribution in [2.45, 2.75) is 25.7 Å². The molecule has 92 valence electrons. The van der Waals surface area contributed by atoms with E-state index in [9.17, 15) is 4.79 Å². The summed E-state index contributed by atoms with van der Waals surface area (Å²) >= 11 is 3.38. The first kappa shape index (κ1) is 12.4. The van der Waals surface area contributed by atoms with E-state index in [4.69, 9.17) is 9.84 Å². The third-order valence-corrected chi connectivity index (χ3v) is 3.40. The predicted molar refractivity (Wildman–Crippen MR) is 68.4 cm³/mol. The number of aliphatic carboxylic acids is 1. The van der Waals surface area contributed by atoms with Gasteiger partial charge in [-0.3, -0.25) is 4.79 Å². The van der Waals surface area contributed by atoms with Crippen molar-refractivity contribution in [2.75, 3.05) is 6.61 Å². The van der Waals surface area contributed by atoms with Gasteiger partial charge in [0.25, 0.3) is 0 Å². The molecule has 0 aliphatic heterocycles. The lowest BCUT2D eigenvalue weighted by atomic mass is 10.0. The number of benzene rings is 1. The summed E-state index contributed by atoms with van der Waals surface area (Å²) in [5, 5.41) is 8.99. The van der Waals surface area contributed by atoms with Crippen molar-refractivity contribution in [3.63, 3.8) is 0 Å². The summed E-state index contributed by atoms with van der Waals surface area (Å²) in [6.07, 6.45) is 2.48. The van der Waals surface area contributed by atoms with Crippen molar-refractivity contribution in [3.05, 3.63) is 28.2 Å². The molecule has 2 rings (SSSR count). The standard InChI is InChI=1S/C13H15BrO3/c1-8(13(15)16)10-4-11(14)6-12(5-10)17-7-9-2-3-9/h4-6,8-9H,2-3,7H2,1H3,(H,15,16). The van der Waals surface area contributed by atoms with Crippen molar-refractivity contribution >= 4 is 21.9 Å². The van der Waals surface area contributed by atoms with Gasteiger partial charge in [-0.15, -0.1) is 0 Å². The number of carboxylic acid groups (broad SMARTS) is 1. The predicted octanol–water partition coefficient (Wildman–Crippen LogP) is 3.43. The monoisotopic (exact) mass is 298 g/mol. The fourth-order valence-corrected chi connectivity index (χ4v) is 2.05. The second-order valence-corrected chi connectivity index (χ2v) is 5.45. The number of halogens is 1. The molecule has 1 aliphatic rings. The molecule has 1 aromatic rings. The molecule has 1 atom stereocenters. The molecule has 0 saturated heterocycles. The molecule has 1 fully saturated rings. The summed E-state index contributed by atoms with van der Waals surface area (Å²) in [7, 11) is 0. The van der Waals surface area contributed by atoms with Gasteiger partial charge in [-0.05, 0) is 49.4 Å². The zero-order chi connectivity index (χ0) is 12.4. The van der Waals surface area contributed by atoms with E-state index in [0.29, 0.717) is 5.92 Å². The highest BCUT2D eigenvalue weighted by Crippen LogP contribution is 2.31. The van der Waals surface area contributed by atoms with Crippen molar-refractivity contribution < 1.29 is 14.6 Å². The minimum Gasteiger partial charge on any atom is -0.493 e. The Morgan fingerprint density at radius 2 is 2.24 bits per heavy atom. The first-order valence-electron chi connectivity index (χ1n) is 5.72. The molecule has 3 nitrogen and oxygen atoms in total. The maximum absolute atomic E-state index is 10.9. The highest BCUT2D eigenvalue weighted by molar-refractivity contribution is 9.10. The number of carboxylic acids is 1. The van der Waals surface area contributed by atoms with Crippen LogP contribution < -0.4 is 4.74 Å². The molecule has 1 unspecified atom stereocenters. The van der Waals surface area contributed by atoms with E-state index in [0.717, 1.165) is 22.4 Å². The van der Waals surface area contributed by atoms with Crippen LogP contribution in [0.1, 0.15) is 31.2 Å². The summed E-state index contributed by atoms with van der Waals surface area (Å²) in [5.41, 5.74) is 0.762. The summed E-state index contributed by atoms with van der Waals surface area (Å²) in [6, 6.07) is 5.51. The molecule has 4 heteroatoms. The van der Waals surface area contributed by atoms with E-state index >= 15 is 0 Å². The second-order valence-electron chi connectivity index (χ2n) is 4.53. The van der Waals surface area contributed by atoms with Crippen LogP contribution in [0.2, 0.25) is 0 Å². The van der Waals surface area contributed by atoms with Gasteiger partial charge in [-0.25, -0.2) is 0 Å². The van der Waals surface area contributed by atoms with Crippen LogP contribution in [0.3, 0.4) is 0 Å².